The third kappa shape index (κ3) is 4.02. The van der Waals surface area contributed by atoms with Crippen molar-refractivity contribution in [3.8, 4) is 0 Å². The summed E-state index contributed by atoms with van der Waals surface area (Å²) < 4.78 is 0. The van der Waals surface area contributed by atoms with E-state index in [2.05, 4.69) is 0 Å². The van der Waals surface area contributed by atoms with E-state index in [1.165, 1.54) is 0 Å². The molecule has 1 aromatic carbocycles. The summed E-state index contributed by atoms with van der Waals surface area (Å²) >= 11 is 0. The first-order valence-corrected chi connectivity index (χ1v) is 5.72. The van der Waals surface area contributed by atoms with E-state index in [0.717, 1.165) is 11.1 Å². The second-order valence-electron chi connectivity index (χ2n) is 4.65. The van der Waals surface area contributed by atoms with Gasteiger partial charge in [-0.3, -0.25) is 9.59 Å². The number of hydrogen-bond acceptors (Lipinski definition) is 2. The van der Waals surface area contributed by atoms with Crippen LogP contribution in [0.1, 0.15) is 41.3 Å². The van der Waals surface area contributed by atoms with E-state index in [4.69, 9.17) is 5.11 Å². The Bertz CT molecular complexity index is 435. The molecule has 0 radical (unpaired) electrons. The third-order valence-corrected chi connectivity index (χ3v) is 2.75. The number of aliphatic carboxylic acids is 1. The average Bonchev–Trinajstić information content (AvgIpc) is 2.20. The normalized spacial score (nSPS) is 12.2. The number of carboxylic acid groups (broad SMARTS) is 1. The Kier molecular flexibility index (Phi) is 4.44. The fourth-order valence-corrected chi connectivity index (χ4v) is 1.83. The minimum Gasteiger partial charge on any atom is -0.481 e. The van der Waals surface area contributed by atoms with Gasteiger partial charge in [0.2, 0.25) is 0 Å². The Morgan fingerprint density at radius 1 is 1.24 bits per heavy atom. The minimum atomic E-state index is -0.855. The summed E-state index contributed by atoms with van der Waals surface area (Å²) in [5, 5.41) is 8.65. The van der Waals surface area contributed by atoms with Crippen LogP contribution in [-0.4, -0.2) is 16.9 Å². The van der Waals surface area contributed by atoms with Gasteiger partial charge in [-0.15, -0.1) is 0 Å². The molecule has 0 aliphatic heterocycles. The predicted octanol–water partition coefficient (Wildman–Crippen LogP) is 2.99. The Hall–Kier alpha value is -1.64. The largest absolute Gasteiger partial charge is 0.481 e. The average molecular weight is 234 g/mol. The van der Waals surface area contributed by atoms with Gasteiger partial charge in [-0.2, -0.15) is 0 Å². The van der Waals surface area contributed by atoms with Gasteiger partial charge in [-0.25, -0.2) is 0 Å². The maximum atomic E-state index is 12.0. The number of hydrogen-bond donors (Lipinski definition) is 1. The van der Waals surface area contributed by atoms with Crippen LogP contribution < -0.4 is 0 Å². The van der Waals surface area contributed by atoms with Crippen molar-refractivity contribution in [2.75, 3.05) is 0 Å². The fourth-order valence-electron chi connectivity index (χ4n) is 1.83. The molecule has 0 fully saturated rings. The standard InChI is InChI=1S/C14H18O3/c1-9-4-5-11(3)12(6-9)13(15)7-10(2)8-14(16)17/h4-6,10H,7-8H2,1-3H3,(H,16,17)/t10-/m0/s1. The zero-order valence-corrected chi connectivity index (χ0v) is 10.5. The van der Waals surface area contributed by atoms with Crippen LogP contribution in [0.5, 0.6) is 0 Å². The molecule has 0 amide bonds. The van der Waals surface area contributed by atoms with E-state index in [1.54, 1.807) is 6.92 Å². The van der Waals surface area contributed by atoms with Gasteiger partial charge < -0.3 is 5.11 Å². The molecule has 0 aliphatic rings. The molecule has 3 nitrogen and oxygen atoms in total. The molecule has 17 heavy (non-hydrogen) atoms. The molecule has 0 unspecified atom stereocenters. The van der Waals surface area contributed by atoms with Crippen LogP contribution in [-0.2, 0) is 4.79 Å². The van der Waals surface area contributed by atoms with E-state index in [9.17, 15) is 9.59 Å². The smallest absolute Gasteiger partial charge is 0.303 e. The van der Waals surface area contributed by atoms with E-state index in [1.807, 2.05) is 32.0 Å². The Labute approximate surface area is 101 Å². The summed E-state index contributed by atoms with van der Waals surface area (Å²) in [6.07, 6.45) is 0.327. The highest BCUT2D eigenvalue weighted by Gasteiger charge is 2.15. The quantitative estimate of drug-likeness (QED) is 0.797. The number of Topliss-reactive ketones (excluding diaryl/α,β-unsaturated/α-hetero) is 1. The van der Waals surface area contributed by atoms with Gasteiger partial charge >= 0.3 is 5.97 Å². The van der Waals surface area contributed by atoms with Crippen molar-refractivity contribution in [3.63, 3.8) is 0 Å². The van der Waals surface area contributed by atoms with Crippen molar-refractivity contribution in [3.05, 3.63) is 34.9 Å². The van der Waals surface area contributed by atoms with Gasteiger partial charge in [0, 0.05) is 18.4 Å². The van der Waals surface area contributed by atoms with Gasteiger partial charge in [-0.1, -0.05) is 24.6 Å². The summed E-state index contributed by atoms with van der Waals surface area (Å²) in [6.45, 7) is 5.63. The lowest BCUT2D eigenvalue weighted by Crippen LogP contribution is -2.11. The SMILES string of the molecule is Cc1ccc(C)c(C(=O)C[C@H](C)CC(=O)O)c1. The Balaban J connectivity index is 2.76. The minimum absolute atomic E-state index is 0.0277. The zero-order valence-electron chi connectivity index (χ0n) is 10.5. The van der Waals surface area contributed by atoms with Crippen molar-refractivity contribution >= 4 is 11.8 Å². The van der Waals surface area contributed by atoms with Crippen LogP contribution in [0, 0.1) is 19.8 Å². The molecule has 1 atom stereocenters. The monoisotopic (exact) mass is 234 g/mol. The molecule has 1 rings (SSSR count). The van der Waals surface area contributed by atoms with Gasteiger partial charge in [0.25, 0.3) is 0 Å². The van der Waals surface area contributed by atoms with Gasteiger partial charge in [0.1, 0.15) is 0 Å². The number of carboxylic acids is 1. The first kappa shape index (κ1) is 13.4. The molecule has 0 spiro atoms. The van der Waals surface area contributed by atoms with Crippen molar-refractivity contribution in [2.45, 2.75) is 33.6 Å². The second-order valence-corrected chi connectivity index (χ2v) is 4.65. The Morgan fingerprint density at radius 3 is 2.47 bits per heavy atom. The van der Waals surface area contributed by atoms with Crippen molar-refractivity contribution in [1.82, 2.24) is 0 Å². The highest BCUT2D eigenvalue weighted by atomic mass is 16.4. The van der Waals surface area contributed by atoms with E-state index >= 15 is 0 Å². The molecule has 92 valence electrons. The third-order valence-electron chi connectivity index (χ3n) is 2.75. The van der Waals surface area contributed by atoms with Crippen LogP contribution >= 0.6 is 0 Å². The van der Waals surface area contributed by atoms with Crippen molar-refractivity contribution in [1.29, 1.82) is 0 Å². The van der Waals surface area contributed by atoms with Gasteiger partial charge in [0.15, 0.2) is 5.78 Å². The number of carbonyl (C=O) groups excluding carboxylic acids is 1. The van der Waals surface area contributed by atoms with Crippen molar-refractivity contribution in [2.24, 2.45) is 5.92 Å². The predicted molar refractivity (Wildman–Crippen MR) is 66.3 cm³/mol. The lowest BCUT2D eigenvalue weighted by molar-refractivity contribution is -0.137. The molecule has 0 aliphatic carbocycles. The number of rotatable bonds is 5. The van der Waals surface area contributed by atoms with Gasteiger partial charge in [0.05, 0.1) is 0 Å². The van der Waals surface area contributed by atoms with Crippen LogP contribution in [0.4, 0.5) is 0 Å². The molecule has 0 saturated heterocycles. The van der Waals surface area contributed by atoms with Crippen LogP contribution in [0.3, 0.4) is 0 Å². The van der Waals surface area contributed by atoms with E-state index in [0.29, 0.717) is 5.56 Å². The molecule has 0 aromatic heterocycles. The molecule has 0 saturated carbocycles. The molecule has 3 heteroatoms. The summed E-state index contributed by atoms with van der Waals surface area (Å²) in [6, 6.07) is 5.75. The molecular weight excluding hydrogens is 216 g/mol. The number of benzene rings is 1. The highest BCUT2D eigenvalue weighted by molar-refractivity contribution is 5.97. The van der Waals surface area contributed by atoms with Crippen LogP contribution in [0.25, 0.3) is 0 Å². The first-order valence-electron chi connectivity index (χ1n) is 5.72. The molecule has 0 heterocycles. The lowest BCUT2D eigenvalue weighted by Gasteiger charge is -2.10. The maximum absolute atomic E-state index is 12.0. The molecule has 1 aromatic rings. The van der Waals surface area contributed by atoms with E-state index < -0.39 is 5.97 Å². The lowest BCUT2D eigenvalue weighted by atomic mass is 9.94. The van der Waals surface area contributed by atoms with E-state index in [-0.39, 0.29) is 24.5 Å². The molecule has 0 bridgehead atoms. The summed E-state index contributed by atoms with van der Waals surface area (Å²) in [4.78, 5) is 22.6. The van der Waals surface area contributed by atoms with Gasteiger partial charge in [-0.05, 0) is 31.4 Å². The fraction of sp³-hybridized carbons (Fsp3) is 0.429. The molecular formula is C14H18O3. The zero-order chi connectivity index (χ0) is 13.0. The van der Waals surface area contributed by atoms with Crippen molar-refractivity contribution < 1.29 is 14.7 Å². The van der Waals surface area contributed by atoms with Crippen LogP contribution in [0.15, 0.2) is 18.2 Å². The summed E-state index contributed by atoms with van der Waals surface area (Å²) in [7, 11) is 0. The molecule has 1 N–H and O–H groups in total. The number of aryl methyl sites for hydroxylation is 2. The number of ketones is 1. The second kappa shape index (κ2) is 5.62. The highest BCUT2D eigenvalue weighted by Crippen LogP contribution is 2.17. The summed E-state index contributed by atoms with van der Waals surface area (Å²) in [5.74, 6) is -0.953. The Morgan fingerprint density at radius 2 is 1.88 bits per heavy atom. The maximum Gasteiger partial charge on any atom is 0.303 e. The first-order chi connectivity index (χ1) is 7.90. The van der Waals surface area contributed by atoms with Crippen LogP contribution in [0.2, 0.25) is 0 Å². The number of carbonyl (C=O) groups is 2. The summed E-state index contributed by atoms with van der Waals surface area (Å²) in [5.41, 5.74) is 2.70. The topological polar surface area (TPSA) is 54.4 Å².